The van der Waals surface area contributed by atoms with Crippen molar-refractivity contribution in [3.8, 4) is 5.75 Å². The summed E-state index contributed by atoms with van der Waals surface area (Å²) in [6.45, 7) is 1.84. The number of ether oxygens (including phenoxy) is 1. The Bertz CT molecular complexity index is 786. The quantitative estimate of drug-likeness (QED) is 0.243. The number of methoxy groups -OCH3 is 1. The Kier molecular flexibility index (Phi) is 9.27. The van der Waals surface area contributed by atoms with Gasteiger partial charge in [0.15, 0.2) is 0 Å². The second-order valence-electron chi connectivity index (χ2n) is 4.41. The zero-order valence-electron chi connectivity index (χ0n) is 13.4. The Labute approximate surface area is 179 Å². The number of benzene rings is 2. The first kappa shape index (κ1) is 22.8. The Morgan fingerprint density at radius 2 is 1.74 bits per heavy atom. The molecule has 0 aliphatic rings. The van der Waals surface area contributed by atoms with Crippen molar-refractivity contribution in [2.75, 3.05) is 7.11 Å². The topological polar surface area (TPSA) is 83.5 Å². The molecule has 2 rings (SSSR count). The van der Waals surface area contributed by atoms with E-state index in [1.807, 2.05) is 6.92 Å². The third-order valence-corrected chi connectivity index (χ3v) is 3.78. The zero-order valence-corrected chi connectivity index (χ0v) is 18.2. The second-order valence-corrected chi connectivity index (χ2v) is 5.76. The third kappa shape index (κ3) is 5.69. The Balaban J connectivity index is 0.00000242. The molecule has 0 aromatic heterocycles. The van der Waals surface area contributed by atoms with E-state index in [1.54, 1.807) is 12.1 Å². The monoisotopic (exact) mass is 350 g/mol. The van der Waals surface area contributed by atoms with Crippen molar-refractivity contribution in [3.05, 3.63) is 59.2 Å². The minimum Gasteiger partial charge on any atom is -0.744 e. The average Bonchev–Trinajstić information content (AvgIpc) is 2.45. The average molecular weight is 350 g/mol. The molecule has 2 aromatic rings. The summed E-state index contributed by atoms with van der Waals surface area (Å²) in [5, 5.41) is 0. The maximum atomic E-state index is 12.3. The van der Waals surface area contributed by atoms with E-state index >= 15 is 0 Å². The predicted octanol–water partition coefficient (Wildman–Crippen LogP) is -4.05. The molecule has 2 aromatic carbocycles. The summed E-state index contributed by atoms with van der Waals surface area (Å²) in [7, 11) is -3.48. The van der Waals surface area contributed by atoms with Gasteiger partial charge in [0.25, 0.3) is 0 Å². The van der Waals surface area contributed by atoms with Crippen LogP contribution in [0.15, 0.2) is 41.3 Å². The number of aryl methyl sites for hydroxylation is 1. The molecule has 23 heavy (non-hydrogen) atoms. The zero-order chi connectivity index (χ0) is 15.6. The number of hydrogen-bond donors (Lipinski definition) is 0. The molecule has 8 heteroatoms. The first-order valence-electron chi connectivity index (χ1n) is 6.00. The van der Waals surface area contributed by atoms with Crippen molar-refractivity contribution in [2.45, 2.75) is 11.8 Å². The summed E-state index contributed by atoms with van der Waals surface area (Å²) in [6.07, 6.45) is 0. The van der Waals surface area contributed by atoms with Gasteiger partial charge in [-0.1, -0.05) is 12.5 Å². The molecule has 0 saturated carbocycles. The molecule has 0 saturated heterocycles. The predicted molar refractivity (Wildman–Crippen MR) is 74.4 cm³/mol. The number of ketones is 1. The molecule has 0 aliphatic heterocycles. The standard InChI is InChI=1S/C15H13O5S.2Na/c1-10-3-5-11(6-4-10)15(16)12-7-8-13(20-2)14(9-12)21(17,18)19;;/h3,5-9H,1-2H3,(H,17,18,19);;/q-1;2*+1/p-1. The first-order valence-corrected chi connectivity index (χ1v) is 7.40. The molecule has 0 atom stereocenters. The van der Waals surface area contributed by atoms with E-state index in [1.165, 1.54) is 25.3 Å². The summed E-state index contributed by atoms with van der Waals surface area (Å²) >= 11 is 0. The van der Waals surface area contributed by atoms with Crippen LogP contribution in [0.2, 0.25) is 0 Å². The fourth-order valence-corrected chi connectivity index (χ4v) is 2.49. The molecule has 0 radical (unpaired) electrons. The van der Waals surface area contributed by atoms with Gasteiger partial charge >= 0.3 is 59.1 Å². The number of carbonyl (C=O) groups excluding carboxylic acids is 1. The Hall–Kier alpha value is -0.180. The van der Waals surface area contributed by atoms with E-state index in [0.29, 0.717) is 5.56 Å². The number of carbonyl (C=O) groups is 1. The molecule has 0 spiro atoms. The number of hydrogen-bond acceptors (Lipinski definition) is 5. The van der Waals surface area contributed by atoms with E-state index in [0.717, 1.165) is 11.6 Å². The van der Waals surface area contributed by atoms with Crippen molar-refractivity contribution in [1.82, 2.24) is 0 Å². The van der Waals surface area contributed by atoms with Gasteiger partial charge < -0.3 is 14.1 Å². The molecule has 0 heterocycles. The van der Waals surface area contributed by atoms with E-state index in [-0.39, 0.29) is 76.2 Å². The summed E-state index contributed by atoms with van der Waals surface area (Å²) in [5.74, 6) is -0.476. The van der Waals surface area contributed by atoms with Crippen LogP contribution in [0.1, 0.15) is 21.5 Å². The minimum absolute atomic E-state index is 0. The summed E-state index contributed by atoms with van der Waals surface area (Å²) in [6, 6.07) is 11.5. The fourth-order valence-electron chi connectivity index (χ4n) is 1.82. The van der Waals surface area contributed by atoms with Crippen molar-refractivity contribution in [1.29, 1.82) is 0 Å². The van der Waals surface area contributed by atoms with E-state index in [9.17, 15) is 17.8 Å². The number of rotatable bonds is 4. The molecule has 5 nitrogen and oxygen atoms in total. The molecule has 110 valence electrons. The smallest absolute Gasteiger partial charge is 0.744 e. The van der Waals surface area contributed by atoms with Crippen LogP contribution in [0.5, 0.6) is 5.75 Å². The Morgan fingerprint density at radius 1 is 1.13 bits per heavy atom. The van der Waals surface area contributed by atoms with Gasteiger partial charge in [0.1, 0.15) is 21.7 Å². The van der Waals surface area contributed by atoms with Crippen LogP contribution in [0.4, 0.5) is 0 Å². The molecule has 0 fully saturated rings. The van der Waals surface area contributed by atoms with Crippen molar-refractivity contribution in [2.24, 2.45) is 0 Å². The second kappa shape index (κ2) is 9.34. The first-order chi connectivity index (χ1) is 9.82. The molecule has 0 unspecified atom stereocenters. The van der Waals surface area contributed by atoms with Gasteiger partial charge in [-0.3, -0.25) is 0 Å². The molecule has 0 bridgehead atoms. The maximum absolute atomic E-state index is 12.3. The van der Waals surface area contributed by atoms with Crippen LogP contribution in [-0.4, -0.2) is 25.9 Å². The van der Waals surface area contributed by atoms with Crippen molar-refractivity contribution in [3.63, 3.8) is 0 Å². The van der Waals surface area contributed by atoms with E-state index in [2.05, 4.69) is 6.07 Å². The SMILES string of the molecule is COc1ccc(C(=O)c2c[c-]c(C)cc2)cc1S(=O)(=O)[O-].[Na+].[Na+]. The van der Waals surface area contributed by atoms with Crippen LogP contribution in [-0.2, 0) is 10.1 Å². The van der Waals surface area contributed by atoms with Crippen LogP contribution < -0.4 is 63.9 Å². The van der Waals surface area contributed by atoms with Crippen LogP contribution in [0, 0.1) is 13.0 Å². The molecule has 0 aliphatic carbocycles. The fraction of sp³-hybridized carbons (Fsp3) is 0.133. The third-order valence-electron chi connectivity index (χ3n) is 2.93. The van der Waals surface area contributed by atoms with Crippen LogP contribution in [0.3, 0.4) is 0 Å². The van der Waals surface area contributed by atoms with Crippen LogP contribution in [0.25, 0.3) is 0 Å². The van der Waals surface area contributed by atoms with Crippen molar-refractivity contribution >= 4 is 15.9 Å². The molecule has 0 amide bonds. The minimum atomic E-state index is -4.73. The van der Waals surface area contributed by atoms with Gasteiger partial charge in [-0.15, -0.1) is 0 Å². The van der Waals surface area contributed by atoms with Gasteiger partial charge in [-0.05, 0) is 18.2 Å². The molecule has 0 N–H and O–H groups in total. The molecular formula is C15H12Na2O5S. The van der Waals surface area contributed by atoms with Gasteiger partial charge in [-0.2, -0.15) is 29.8 Å². The maximum Gasteiger partial charge on any atom is 1.00 e. The van der Waals surface area contributed by atoms with Gasteiger partial charge in [0.05, 0.1) is 12.0 Å². The van der Waals surface area contributed by atoms with E-state index < -0.39 is 15.0 Å². The summed E-state index contributed by atoms with van der Waals surface area (Å²) in [4.78, 5) is 11.7. The summed E-state index contributed by atoms with van der Waals surface area (Å²) in [5.41, 5.74) is 1.34. The van der Waals surface area contributed by atoms with Gasteiger partial charge in [0.2, 0.25) is 0 Å². The van der Waals surface area contributed by atoms with Gasteiger partial charge in [0, 0.05) is 5.56 Å². The summed E-state index contributed by atoms with van der Waals surface area (Å²) < 4.78 is 38.5. The Morgan fingerprint density at radius 3 is 2.22 bits per heavy atom. The van der Waals surface area contributed by atoms with E-state index in [4.69, 9.17) is 4.74 Å². The normalized spacial score (nSPS) is 10.2. The largest absolute Gasteiger partial charge is 1.00 e. The van der Waals surface area contributed by atoms with Crippen LogP contribution >= 0.6 is 0 Å². The molecular weight excluding hydrogens is 338 g/mol. The van der Waals surface area contributed by atoms with Crippen molar-refractivity contribution < 1.29 is 81.6 Å². The van der Waals surface area contributed by atoms with Gasteiger partial charge in [-0.25, -0.2) is 8.42 Å².